The van der Waals surface area contributed by atoms with Crippen LogP contribution in [0, 0.1) is 33.5 Å². The van der Waals surface area contributed by atoms with Crippen molar-refractivity contribution in [2.24, 2.45) is 33.5 Å². The van der Waals surface area contributed by atoms with Crippen molar-refractivity contribution in [3.05, 3.63) is 24.3 Å². The van der Waals surface area contributed by atoms with Crippen LogP contribution in [-0.4, -0.2) is 23.7 Å². The minimum atomic E-state index is -1.10. The summed E-state index contributed by atoms with van der Waals surface area (Å²) in [5.41, 5.74) is 0.786. The van der Waals surface area contributed by atoms with E-state index in [2.05, 4.69) is 39.5 Å². The minimum absolute atomic E-state index is 0.0656. The molecule has 0 aliphatic heterocycles. The second kappa shape index (κ2) is 7.84. The molecule has 4 heteroatoms. The number of esters is 1. The summed E-state index contributed by atoms with van der Waals surface area (Å²) in [7, 11) is 0. The first-order valence-corrected chi connectivity index (χ1v) is 11.6. The molecule has 5 atom stereocenters. The summed E-state index contributed by atoms with van der Waals surface area (Å²) < 4.78 is 5.72. The van der Waals surface area contributed by atoms with Gasteiger partial charge in [-0.3, -0.25) is 9.59 Å². The Hall–Kier alpha value is -1.58. The van der Waals surface area contributed by atoms with Crippen LogP contribution < -0.4 is 0 Å². The lowest BCUT2D eigenvalue weighted by molar-refractivity contribution is -0.161. The average molecular weight is 417 g/mol. The maximum absolute atomic E-state index is 12.4. The van der Waals surface area contributed by atoms with Gasteiger partial charge in [0.1, 0.15) is 0 Å². The summed E-state index contributed by atoms with van der Waals surface area (Å²) in [6.45, 7) is 14.8. The predicted molar refractivity (Wildman–Crippen MR) is 119 cm³/mol. The molecule has 2 saturated carbocycles. The van der Waals surface area contributed by atoms with Crippen molar-refractivity contribution in [1.29, 1.82) is 0 Å². The third-order valence-corrected chi connectivity index (χ3v) is 8.87. The van der Waals surface area contributed by atoms with Crippen LogP contribution in [0.5, 0.6) is 0 Å². The number of carboxylic acid groups (broad SMARTS) is 1. The standard InChI is InChI=1S/C26H40O4/c1-7-24(4)13-8-10-19-18(24)11-12-20-25(5,14-9-15-26(19,20)6)17-30-21(27)16-23(2,3)22(28)29/h7,10,18,20H,1,8-9,11-17H2,2-6H3,(H,28,29)/t18?,20?,24-,25-,26-/m0/s1. The van der Waals surface area contributed by atoms with E-state index < -0.39 is 17.4 Å². The highest BCUT2D eigenvalue weighted by Gasteiger charge is 2.56. The zero-order valence-corrected chi connectivity index (χ0v) is 19.6. The van der Waals surface area contributed by atoms with Gasteiger partial charge in [0, 0.05) is 5.41 Å². The van der Waals surface area contributed by atoms with Crippen molar-refractivity contribution < 1.29 is 19.4 Å². The van der Waals surface area contributed by atoms with E-state index in [1.165, 1.54) is 19.3 Å². The molecule has 168 valence electrons. The molecule has 0 saturated heterocycles. The summed E-state index contributed by atoms with van der Waals surface area (Å²) >= 11 is 0. The van der Waals surface area contributed by atoms with Crippen LogP contribution in [-0.2, 0) is 14.3 Å². The van der Waals surface area contributed by atoms with Crippen molar-refractivity contribution in [1.82, 2.24) is 0 Å². The second-order valence-electron chi connectivity index (χ2n) is 11.5. The zero-order chi connectivity index (χ0) is 22.4. The third kappa shape index (κ3) is 3.87. The summed E-state index contributed by atoms with van der Waals surface area (Å²) in [5, 5.41) is 9.30. The molecule has 2 unspecified atom stereocenters. The van der Waals surface area contributed by atoms with Crippen molar-refractivity contribution in [3.8, 4) is 0 Å². The Morgan fingerprint density at radius 1 is 1.23 bits per heavy atom. The molecule has 0 heterocycles. The van der Waals surface area contributed by atoms with Crippen LogP contribution in [0.15, 0.2) is 24.3 Å². The van der Waals surface area contributed by atoms with E-state index in [1.807, 2.05) is 0 Å². The first kappa shape index (κ1) is 23.1. The highest BCUT2D eigenvalue weighted by atomic mass is 16.5. The number of carboxylic acids is 1. The number of rotatable bonds is 6. The number of fused-ring (bicyclic) bond motifs is 3. The lowest BCUT2D eigenvalue weighted by Gasteiger charge is -2.60. The topological polar surface area (TPSA) is 63.6 Å². The number of carbonyl (C=O) groups excluding carboxylic acids is 1. The normalized spacial score (nSPS) is 38.6. The molecule has 1 N–H and O–H groups in total. The maximum atomic E-state index is 12.4. The number of ether oxygens (including phenoxy) is 1. The number of allylic oxidation sites excluding steroid dienone is 3. The Balaban J connectivity index is 1.77. The first-order valence-electron chi connectivity index (χ1n) is 11.6. The van der Waals surface area contributed by atoms with E-state index in [4.69, 9.17) is 4.74 Å². The molecule has 30 heavy (non-hydrogen) atoms. The van der Waals surface area contributed by atoms with E-state index in [-0.39, 0.29) is 22.7 Å². The number of hydrogen-bond acceptors (Lipinski definition) is 3. The molecule has 2 fully saturated rings. The molecule has 4 nitrogen and oxygen atoms in total. The number of hydrogen-bond donors (Lipinski definition) is 1. The second-order valence-corrected chi connectivity index (χ2v) is 11.5. The molecule has 0 spiro atoms. The van der Waals surface area contributed by atoms with Crippen LogP contribution in [0.4, 0.5) is 0 Å². The summed E-state index contributed by atoms with van der Waals surface area (Å²) in [4.78, 5) is 23.8. The number of aliphatic carboxylic acids is 1. The van der Waals surface area contributed by atoms with E-state index in [0.717, 1.165) is 25.7 Å². The van der Waals surface area contributed by atoms with E-state index in [9.17, 15) is 14.7 Å². The third-order valence-electron chi connectivity index (χ3n) is 8.87. The first-order chi connectivity index (χ1) is 13.9. The largest absolute Gasteiger partial charge is 0.481 e. The summed E-state index contributed by atoms with van der Waals surface area (Å²) in [6.07, 6.45) is 12.6. The van der Waals surface area contributed by atoms with Gasteiger partial charge in [0.2, 0.25) is 0 Å². The van der Waals surface area contributed by atoms with Gasteiger partial charge in [-0.25, -0.2) is 0 Å². The zero-order valence-electron chi connectivity index (χ0n) is 19.6. The highest BCUT2D eigenvalue weighted by molar-refractivity contribution is 5.81. The lowest BCUT2D eigenvalue weighted by atomic mass is 9.44. The van der Waals surface area contributed by atoms with Crippen molar-refractivity contribution >= 4 is 11.9 Å². The van der Waals surface area contributed by atoms with Gasteiger partial charge in [-0.05, 0) is 75.0 Å². The number of carbonyl (C=O) groups is 2. The molecular formula is C26H40O4. The molecule has 0 bridgehead atoms. The molecule has 3 rings (SSSR count). The molecule has 3 aliphatic carbocycles. The monoisotopic (exact) mass is 416 g/mol. The molecule has 0 aromatic carbocycles. The Morgan fingerprint density at radius 2 is 1.93 bits per heavy atom. The molecular weight excluding hydrogens is 376 g/mol. The van der Waals surface area contributed by atoms with Crippen LogP contribution in [0.25, 0.3) is 0 Å². The van der Waals surface area contributed by atoms with E-state index >= 15 is 0 Å². The molecule has 0 amide bonds. The van der Waals surface area contributed by atoms with Crippen molar-refractivity contribution in [3.63, 3.8) is 0 Å². The van der Waals surface area contributed by atoms with Gasteiger partial charge < -0.3 is 9.84 Å². The molecule has 3 aliphatic rings. The van der Waals surface area contributed by atoms with Gasteiger partial charge in [0.15, 0.2) is 0 Å². The quantitative estimate of drug-likeness (QED) is 0.416. The van der Waals surface area contributed by atoms with Crippen LogP contribution in [0.2, 0.25) is 0 Å². The highest BCUT2D eigenvalue weighted by Crippen LogP contribution is 2.65. The molecule has 0 aromatic rings. The molecule has 0 radical (unpaired) electrons. The predicted octanol–water partition coefficient (Wildman–Crippen LogP) is 6.17. The van der Waals surface area contributed by atoms with Gasteiger partial charge in [0.25, 0.3) is 0 Å². The average Bonchev–Trinajstić information content (AvgIpc) is 2.66. The summed E-state index contributed by atoms with van der Waals surface area (Å²) in [6, 6.07) is 0. The van der Waals surface area contributed by atoms with Gasteiger partial charge in [-0.15, -0.1) is 6.58 Å². The van der Waals surface area contributed by atoms with Crippen LogP contribution >= 0.6 is 0 Å². The lowest BCUT2D eigenvalue weighted by Crippen LogP contribution is -2.53. The van der Waals surface area contributed by atoms with E-state index in [0.29, 0.717) is 18.4 Å². The Labute approximate surface area is 182 Å². The minimum Gasteiger partial charge on any atom is -0.481 e. The van der Waals surface area contributed by atoms with Crippen LogP contribution in [0.1, 0.15) is 86.0 Å². The summed E-state index contributed by atoms with van der Waals surface area (Å²) in [5.74, 6) is -0.315. The Morgan fingerprint density at radius 3 is 2.57 bits per heavy atom. The van der Waals surface area contributed by atoms with E-state index in [1.54, 1.807) is 19.4 Å². The fourth-order valence-corrected chi connectivity index (χ4v) is 6.80. The fourth-order valence-electron chi connectivity index (χ4n) is 6.80. The maximum Gasteiger partial charge on any atom is 0.309 e. The van der Waals surface area contributed by atoms with Crippen LogP contribution in [0.3, 0.4) is 0 Å². The van der Waals surface area contributed by atoms with Gasteiger partial charge in [-0.2, -0.15) is 0 Å². The fraction of sp³-hybridized carbons (Fsp3) is 0.769. The van der Waals surface area contributed by atoms with Crippen molar-refractivity contribution in [2.75, 3.05) is 6.61 Å². The van der Waals surface area contributed by atoms with Gasteiger partial charge in [0.05, 0.1) is 18.4 Å². The van der Waals surface area contributed by atoms with Gasteiger partial charge in [-0.1, -0.05) is 44.9 Å². The Kier molecular flexibility index (Phi) is 6.03. The molecule has 0 aromatic heterocycles. The Bertz CT molecular complexity index is 750. The van der Waals surface area contributed by atoms with Crippen molar-refractivity contribution in [2.45, 2.75) is 86.0 Å². The smallest absolute Gasteiger partial charge is 0.309 e. The SMILES string of the molecule is C=C[C@@]1(C)CCC=C2C1CCC1[C@](C)(COC(=O)CC(C)(C)C(=O)O)CCC[C@@]21C. The van der Waals surface area contributed by atoms with Gasteiger partial charge >= 0.3 is 11.9 Å².